The van der Waals surface area contributed by atoms with Crippen molar-refractivity contribution in [2.24, 2.45) is 7.05 Å². The van der Waals surface area contributed by atoms with Gasteiger partial charge in [0.2, 0.25) is 0 Å². The Balaban J connectivity index is 0.000000247. The Kier molecular flexibility index (Phi) is 18.1. The molecule has 4 aromatic carbocycles. The SMILES string of the molecule is Cc1cccc(Cc2c(C)ccn(C)c2=O)c1.Cc1cnc(Cc2cccc(C[C@H](NC(=O)c3c(F)cccc3F)C(=O)O)c2)c(C(F)(F)F)c1.O=C(O)CNC(=O)c1c(F)cccc1P. The van der Waals surface area contributed by atoms with Crippen molar-refractivity contribution in [3.05, 3.63) is 199 Å². The van der Waals surface area contributed by atoms with Gasteiger partial charge in [0.25, 0.3) is 17.4 Å². The quantitative estimate of drug-likeness (QED) is 0.0726. The van der Waals surface area contributed by atoms with Crippen LogP contribution < -0.4 is 21.5 Å². The van der Waals surface area contributed by atoms with Crippen LogP contribution in [0.5, 0.6) is 0 Å². The monoisotopic (exact) mass is 934 g/mol. The first-order valence-electron chi connectivity index (χ1n) is 19.9. The molecule has 2 aromatic heterocycles. The fourth-order valence-corrected chi connectivity index (χ4v) is 6.84. The second-order valence-electron chi connectivity index (χ2n) is 15.0. The Labute approximate surface area is 377 Å². The molecule has 11 nitrogen and oxygen atoms in total. The summed E-state index contributed by atoms with van der Waals surface area (Å²) in [5.74, 6) is -7.56. The van der Waals surface area contributed by atoms with Crippen molar-refractivity contribution in [2.75, 3.05) is 6.54 Å². The zero-order valence-electron chi connectivity index (χ0n) is 36.0. The van der Waals surface area contributed by atoms with Crippen LogP contribution in [-0.4, -0.2) is 56.1 Å². The highest BCUT2D eigenvalue weighted by atomic mass is 31.0. The highest BCUT2D eigenvalue weighted by Gasteiger charge is 2.34. The van der Waals surface area contributed by atoms with Gasteiger partial charge in [-0.3, -0.25) is 24.2 Å². The molecule has 0 aliphatic carbocycles. The average Bonchev–Trinajstić information content (AvgIpc) is 3.23. The van der Waals surface area contributed by atoms with Crippen LogP contribution in [0.3, 0.4) is 0 Å². The standard InChI is InChI=1S/C24H19F5N2O3.C15H17NO.C9H9FNO3P/c1-13-8-16(24(27,28)29)19(30-12-13)10-14-4-2-5-15(9-14)11-20(23(33)34)31-22(32)21-17(25)6-3-7-18(21)26;1-11-5-4-6-13(9-11)10-14-12(2)7-8-16(3)15(14)17;10-5-2-1-3-6(15)8(5)9(14)11-4-7(12)13/h2-9,12,20H,10-11H2,1H3,(H,31,32)(H,33,34);4-9H,10H2,1-3H3;1-3H,4,15H2,(H,11,14)(H,12,13)/t20-;;/m0../s1. The average molecular weight is 935 g/mol. The third kappa shape index (κ3) is 14.7. The van der Waals surface area contributed by atoms with Crippen LogP contribution in [0.25, 0.3) is 0 Å². The molecule has 0 spiro atoms. The summed E-state index contributed by atoms with van der Waals surface area (Å²) in [6, 6.07) is 22.8. The molecule has 0 radical (unpaired) electrons. The molecule has 6 aromatic rings. The number of benzene rings is 4. The van der Waals surface area contributed by atoms with E-state index < -0.39 is 71.1 Å². The molecule has 0 aliphatic heterocycles. The Morgan fingerprint density at radius 2 is 1.32 bits per heavy atom. The van der Waals surface area contributed by atoms with Crippen molar-refractivity contribution in [2.45, 2.75) is 52.3 Å². The topological polar surface area (TPSA) is 168 Å². The third-order valence-electron chi connectivity index (χ3n) is 9.75. The maximum Gasteiger partial charge on any atom is 0.418 e. The first-order chi connectivity index (χ1) is 31.0. The van der Waals surface area contributed by atoms with E-state index in [0.717, 1.165) is 41.5 Å². The number of aliphatic carboxylic acids is 2. The molecule has 0 fully saturated rings. The van der Waals surface area contributed by atoms with Gasteiger partial charge in [-0.05, 0) is 84.2 Å². The van der Waals surface area contributed by atoms with Crippen LogP contribution in [0.2, 0.25) is 0 Å². The summed E-state index contributed by atoms with van der Waals surface area (Å²) in [7, 11) is 4.01. The molecule has 346 valence electrons. The Hall–Kier alpha value is -7.13. The van der Waals surface area contributed by atoms with Crippen molar-refractivity contribution in [3.63, 3.8) is 0 Å². The predicted octanol–water partition coefficient (Wildman–Crippen LogP) is 7.44. The lowest BCUT2D eigenvalue weighted by Crippen LogP contribution is -2.43. The summed E-state index contributed by atoms with van der Waals surface area (Å²) in [5, 5.41) is 22.4. The number of alkyl halides is 3. The molecule has 0 saturated carbocycles. The summed E-state index contributed by atoms with van der Waals surface area (Å²) in [4.78, 5) is 61.5. The molecule has 18 heteroatoms. The minimum Gasteiger partial charge on any atom is -0.480 e. The highest BCUT2D eigenvalue weighted by molar-refractivity contribution is 7.27. The van der Waals surface area contributed by atoms with Gasteiger partial charge in [0, 0.05) is 44.3 Å². The van der Waals surface area contributed by atoms with E-state index in [9.17, 15) is 55.4 Å². The van der Waals surface area contributed by atoms with Gasteiger partial charge in [-0.15, -0.1) is 9.24 Å². The predicted molar refractivity (Wildman–Crippen MR) is 238 cm³/mol. The number of carboxylic acids is 2. The molecule has 66 heavy (non-hydrogen) atoms. The summed E-state index contributed by atoms with van der Waals surface area (Å²) >= 11 is 0. The van der Waals surface area contributed by atoms with Crippen molar-refractivity contribution in [1.82, 2.24) is 20.2 Å². The van der Waals surface area contributed by atoms with Gasteiger partial charge in [0.05, 0.1) is 16.8 Å². The molecule has 6 rings (SSSR count). The molecule has 0 saturated heterocycles. The molecule has 4 N–H and O–H groups in total. The normalized spacial score (nSPS) is 11.3. The minimum atomic E-state index is -4.59. The number of hydrogen-bond donors (Lipinski definition) is 4. The largest absolute Gasteiger partial charge is 0.480 e. The lowest BCUT2D eigenvalue weighted by Gasteiger charge is -2.16. The maximum atomic E-state index is 13.8. The summed E-state index contributed by atoms with van der Waals surface area (Å²) < 4.78 is 82.7. The fraction of sp³-hybridized carbons (Fsp3) is 0.208. The van der Waals surface area contributed by atoms with Gasteiger partial charge < -0.3 is 25.4 Å². The number of carbonyl (C=O) groups is 4. The molecular formula is C48H45F6N4O7P. The second-order valence-corrected chi connectivity index (χ2v) is 15.6. The number of aryl methyl sites for hydroxylation is 4. The number of rotatable bonds is 12. The minimum absolute atomic E-state index is 0.103. The van der Waals surface area contributed by atoms with E-state index in [2.05, 4.69) is 50.0 Å². The molecule has 0 aliphatic rings. The maximum absolute atomic E-state index is 13.8. The van der Waals surface area contributed by atoms with Gasteiger partial charge in [0.1, 0.15) is 35.6 Å². The first kappa shape index (κ1) is 51.5. The number of nitrogens with one attached hydrogen (secondary N) is 2. The lowest BCUT2D eigenvalue weighted by molar-refractivity contribution is -0.139. The van der Waals surface area contributed by atoms with Gasteiger partial charge in [-0.25, -0.2) is 18.0 Å². The fourth-order valence-electron chi connectivity index (χ4n) is 6.46. The summed E-state index contributed by atoms with van der Waals surface area (Å²) in [5.41, 5.74) is 3.56. The van der Waals surface area contributed by atoms with Gasteiger partial charge in [-0.1, -0.05) is 72.3 Å². The molecule has 2 atom stereocenters. The molecule has 1 unspecified atom stereocenters. The lowest BCUT2D eigenvalue weighted by atomic mass is 9.99. The van der Waals surface area contributed by atoms with E-state index in [1.54, 1.807) is 23.7 Å². The second kappa shape index (κ2) is 23.2. The molecule has 2 heterocycles. The van der Waals surface area contributed by atoms with E-state index in [1.165, 1.54) is 48.5 Å². The Morgan fingerprint density at radius 3 is 1.91 bits per heavy atom. The van der Waals surface area contributed by atoms with E-state index in [4.69, 9.17) is 5.11 Å². The van der Waals surface area contributed by atoms with Crippen molar-refractivity contribution >= 4 is 38.3 Å². The zero-order chi connectivity index (χ0) is 48.9. The van der Waals surface area contributed by atoms with Crippen molar-refractivity contribution < 1.29 is 55.7 Å². The van der Waals surface area contributed by atoms with Gasteiger partial charge in [-0.2, -0.15) is 13.2 Å². The van der Waals surface area contributed by atoms with Crippen LogP contribution in [0.1, 0.15) is 70.9 Å². The number of carbonyl (C=O) groups excluding carboxylic acids is 2. The van der Waals surface area contributed by atoms with Crippen LogP contribution >= 0.6 is 9.24 Å². The number of aromatic nitrogens is 2. The van der Waals surface area contributed by atoms with E-state index in [-0.39, 0.29) is 29.7 Å². The van der Waals surface area contributed by atoms with Crippen LogP contribution in [0.15, 0.2) is 114 Å². The smallest absolute Gasteiger partial charge is 0.418 e. The van der Waals surface area contributed by atoms with Crippen molar-refractivity contribution in [3.8, 4) is 0 Å². The van der Waals surface area contributed by atoms with E-state index in [1.807, 2.05) is 25.3 Å². The van der Waals surface area contributed by atoms with E-state index in [0.29, 0.717) is 28.4 Å². The van der Waals surface area contributed by atoms with Crippen molar-refractivity contribution in [1.29, 1.82) is 0 Å². The summed E-state index contributed by atoms with van der Waals surface area (Å²) in [6.45, 7) is 5.03. The molecule has 2 amide bonds. The third-order valence-corrected chi connectivity index (χ3v) is 10.2. The highest BCUT2D eigenvalue weighted by Crippen LogP contribution is 2.33. The van der Waals surface area contributed by atoms with Crippen LogP contribution in [0.4, 0.5) is 26.3 Å². The van der Waals surface area contributed by atoms with Gasteiger partial charge in [0.15, 0.2) is 0 Å². The number of halogens is 6. The first-order valence-corrected chi connectivity index (χ1v) is 20.5. The van der Waals surface area contributed by atoms with E-state index >= 15 is 0 Å². The Morgan fingerprint density at radius 1 is 0.742 bits per heavy atom. The molecular weight excluding hydrogens is 890 g/mol. The van der Waals surface area contributed by atoms with Crippen LogP contribution in [0, 0.1) is 38.2 Å². The zero-order valence-corrected chi connectivity index (χ0v) is 37.1. The number of carboxylic acid groups (broad SMARTS) is 2. The summed E-state index contributed by atoms with van der Waals surface area (Å²) in [6.07, 6.45) is -1.16. The van der Waals surface area contributed by atoms with Crippen LogP contribution in [-0.2, 0) is 42.1 Å². The number of hydrogen-bond acceptors (Lipinski definition) is 6. The Bertz CT molecular complexity index is 2760. The number of nitrogens with zero attached hydrogens (tertiary/aromatic N) is 2. The van der Waals surface area contributed by atoms with Gasteiger partial charge >= 0.3 is 18.1 Å². The number of amides is 2. The molecule has 0 bridgehead atoms. The number of pyridine rings is 2.